The van der Waals surface area contributed by atoms with Crippen LogP contribution in [0.5, 0.6) is 0 Å². The lowest BCUT2D eigenvalue weighted by molar-refractivity contribution is 0.0442. The number of carbonyl (C=O) groups excluding carboxylic acids is 1. The van der Waals surface area contributed by atoms with Crippen LogP contribution >= 0.6 is 0 Å². The van der Waals surface area contributed by atoms with Gasteiger partial charge in [0.1, 0.15) is 5.60 Å². The lowest BCUT2D eigenvalue weighted by Crippen LogP contribution is -2.36. The topological polar surface area (TPSA) is 61.8 Å². The molecule has 3 aliphatic heterocycles. The molecule has 32 heavy (non-hydrogen) atoms. The van der Waals surface area contributed by atoms with Crippen LogP contribution in [0.15, 0.2) is 42.6 Å². The second kappa shape index (κ2) is 9.45. The second-order valence-corrected chi connectivity index (χ2v) is 9.38. The van der Waals surface area contributed by atoms with Crippen molar-refractivity contribution >= 4 is 12.0 Å². The molecular weight excluding hydrogens is 402 g/mol. The first-order valence-electron chi connectivity index (χ1n) is 12.0. The quantitative estimate of drug-likeness (QED) is 0.692. The van der Waals surface area contributed by atoms with Gasteiger partial charge in [-0.15, -0.1) is 0 Å². The van der Waals surface area contributed by atoms with E-state index in [0.29, 0.717) is 13.1 Å². The molecule has 1 aromatic carbocycles. The first kappa shape index (κ1) is 21.2. The van der Waals surface area contributed by atoms with E-state index in [1.165, 1.54) is 18.4 Å². The standard InChI is InChI=1S/C25H33N5O2/c31-24-30(17-10-21-7-2-1-3-8-21)20-25(32-24)11-6-14-28(18-12-25)19-22-9-13-26-23(27-22)29-15-4-5-16-29/h1-3,7-9,13H,4-6,10-12,14-20H2/t25-/m1/s1. The van der Waals surface area contributed by atoms with Crippen molar-refractivity contribution in [2.45, 2.75) is 50.7 Å². The zero-order valence-corrected chi connectivity index (χ0v) is 18.8. The fourth-order valence-electron chi connectivity index (χ4n) is 5.19. The van der Waals surface area contributed by atoms with Crippen LogP contribution in [-0.4, -0.2) is 70.7 Å². The van der Waals surface area contributed by atoms with Crippen molar-refractivity contribution in [1.29, 1.82) is 0 Å². The highest BCUT2D eigenvalue weighted by atomic mass is 16.6. The van der Waals surface area contributed by atoms with E-state index >= 15 is 0 Å². The molecule has 4 heterocycles. The molecule has 0 radical (unpaired) electrons. The molecule has 170 valence electrons. The molecule has 3 saturated heterocycles. The lowest BCUT2D eigenvalue weighted by atomic mass is 9.95. The predicted octanol–water partition coefficient (Wildman–Crippen LogP) is 3.50. The van der Waals surface area contributed by atoms with Crippen molar-refractivity contribution in [3.05, 3.63) is 53.9 Å². The van der Waals surface area contributed by atoms with Crippen molar-refractivity contribution in [2.24, 2.45) is 0 Å². The molecule has 1 amide bonds. The van der Waals surface area contributed by atoms with Crippen LogP contribution in [0.25, 0.3) is 0 Å². The molecule has 2 aromatic rings. The van der Waals surface area contributed by atoms with Gasteiger partial charge in [-0.1, -0.05) is 30.3 Å². The van der Waals surface area contributed by atoms with Crippen LogP contribution in [0.3, 0.4) is 0 Å². The summed E-state index contributed by atoms with van der Waals surface area (Å²) >= 11 is 0. The Hall–Kier alpha value is -2.67. The number of anilines is 1. The van der Waals surface area contributed by atoms with Gasteiger partial charge in [0, 0.05) is 45.3 Å². The van der Waals surface area contributed by atoms with Gasteiger partial charge < -0.3 is 14.5 Å². The minimum atomic E-state index is -0.338. The minimum Gasteiger partial charge on any atom is -0.441 e. The molecule has 1 spiro atoms. The summed E-state index contributed by atoms with van der Waals surface area (Å²) < 4.78 is 5.98. The Kier molecular flexibility index (Phi) is 6.26. The highest BCUT2D eigenvalue weighted by molar-refractivity contribution is 5.70. The summed E-state index contributed by atoms with van der Waals surface area (Å²) in [5.74, 6) is 0.866. The number of likely N-dealkylation sites (tertiary alicyclic amines) is 1. The Labute approximate surface area is 190 Å². The van der Waals surface area contributed by atoms with Crippen molar-refractivity contribution in [3.8, 4) is 0 Å². The zero-order chi connectivity index (χ0) is 21.8. The third-order valence-corrected chi connectivity index (χ3v) is 7.02. The van der Waals surface area contributed by atoms with E-state index in [9.17, 15) is 4.79 Å². The first-order chi connectivity index (χ1) is 15.7. The number of hydrogen-bond donors (Lipinski definition) is 0. The lowest BCUT2D eigenvalue weighted by Gasteiger charge is -2.25. The maximum atomic E-state index is 12.6. The van der Waals surface area contributed by atoms with Gasteiger partial charge in [-0.3, -0.25) is 4.90 Å². The van der Waals surface area contributed by atoms with Crippen LogP contribution < -0.4 is 4.90 Å². The fourth-order valence-corrected chi connectivity index (χ4v) is 5.19. The summed E-state index contributed by atoms with van der Waals surface area (Å²) in [6.45, 7) is 6.29. The molecule has 1 aromatic heterocycles. The van der Waals surface area contributed by atoms with Gasteiger partial charge in [0.2, 0.25) is 5.95 Å². The third kappa shape index (κ3) is 4.88. The van der Waals surface area contributed by atoms with Crippen LogP contribution in [-0.2, 0) is 17.7 Å². The minimum absolute atomic E-state index is 0.152. The number of amides is 1. The van der Waals surface area contributed by atoms with E-state index in [1.807, 2.05) is 35.4 Å². The van der Waals surface area contributed by atoms with Crippen LogP contribution in [0.1, 0.15) is 43.4 Å². The van der Waals surface area contributed by atoms with Crippen molar-refractivity contribution in [3.63, 3.8) is 0 Å². The van der Waals surface area contributed by atoms with Gasteiger partial charge in [0.25, 0.3) is 0 Å². The molecule has 0 N–H and O–H groups in total. The highest BCUT2D eigenvalue weighted by Crippen LogP contribution is 2.33. The first-order valence-corrected chi connectivity index (χ1v) is 12.0. The molecule has 1 atom stereocenters. The number of ether oxygens (including phenoxy) is 1. The molecule has 0 aliphatic carbocycles. The average molecular weight is 436 g/mol. The molecule has 7 heteroatoms. The van der Waals surface area contributed by atoms with Gasteiger partial charge in [-0.25, -0.2) is 14.8 Å². The second-order valence-electron chi connectivity index (χ2n) is 9.38. The maximum absolute atomic E-state index is 12.6. The Balaban J connectivity index is 1.16. The van der Waals surface area contributed by atoms with E-state index in [0.717, 1.165) is 70.0 Å². The average Bonchev–Trinajstić information content (AvgIpc) is 3.41. The van der Waals surface area contributed by atoms with Crippen molar-refractivity contribution < 1.29 is 9.53 Å². The van der Waals surface area contributed by atoms with Crippen LogP contribution in [0.2, 0.25) is 0 Å². The highest BCUT2D eigenvalue weighted by Gasteiger charge is 2.45. The monoisotopic (exact) mass is 435 g/mol. The summed E-state index contributed by atoms with van der Waals surface area (Å²) in [5.41, 5.74) is 1.99. The Morgan fingerprint density at radius 1 is 0.969 bits per heavy atom. The molecule has 3 aliphatic rings. The normalized spacial score (nSPS) is 24.2. The largest absolute Gasteiger partial charge is 0.441 e. The summed E-state index contributed by atoms with van der Waals surface area (Å²) in [7, 11) is 0. The summed E-state index contributed by atoms with van der Waals surface area (Å²) in [6, 6.07) is 12.4. The molecular formula is C25H33N5O2. The Bertz CT molecular complexity index is 918. The third-order valence-electron chi connectivity index (χ3n) is 7.02. The summed E-state index contributed by atoms with van der Waals surface area (Å²) in [5, 5.41) is 0. The Morgan fingerprint density at radius 3 is 2.66 bits per heavy atom. The zero-order valence-electron chi connectivity index (χ0n) is 18.8. The van der Waals surface area contributed by atoms with Crippen LogP contribution in [0, 0.1) is 0 Å². The van der Waals surface area contributed by atoms with Gasteiger partial charge in [-0.2, -0.15) is 0 Å². The number of carbonyl (C=O) groups is 1. The van der Waals surface area contributed by atoms with Crippen LogP contribution in [0.4, 0.5) is 10.7 Å². The smallest absolute Gasteiger partial charge is 0.410 e. The van der Waals surface area contributed by atoms with E-state index in [1.54, 1.807) is 0 Å². The SMILES string of the molecule is O=C1O[C@@]2(CCCN(Cc3ccnc(N4CCCC4)n3)CC2)CN1CCc1ccccc1. The number of aromatic nitrogens is 2. The van der Waals surface area contributed by atoms with Gasteiger partial charge in [0.15, 0.2) is 0 Å². The summed E-state index contributed by atoms with van der Waals surface area (Å²) in [4.78, 5) is 28.5. The molecule has 0 unspecified atom stereocenters. The van der Waals surface area contributed by atoms with E-state index < -0.39 is 0 Å². The molecule has 3 fully saturated rings. The molecule has 5 rings (SSSR count). The van der Waals surface area contributed by atoms with E-state index in [2.05, 4.69) is 26.9 Å². The van der Waals surface area contributed by atoms with Gasteiger partial charge in [-0.05, 0) is 50.3 Å². The fraction of sp³-hybridized carbons (Fsp3) is 0.560. The molecule has 0 saturated carbocycles. The molecule has 7 nitrogen and oxygen atoms in total. The maximum Gasteiger partial charge on any atom is 0.410 e. The number of hydrogen-bond acceptors (Lipinski definition) is 6. The molecule has 0 bridgehead atoms. The predicted molar refractivity (Wildman–Crippen MR) is 124 cm³/mol. The number of rotatable bonds is 6. The van der Waals surface area contributed by atoms with Crippen molar-refractivity contribution in [1.82, 2.24) is 19.8 Å². The van der Waals surface area contributed by atoms with Gasteiger partial charge in [0.05, 0.1) is 12.2 Å². The van der Waals surface area contributed by atoms with Gasteiger partial charge >= 0.3 is 6.09 Å². The number of nitrogens with zero attached hydrogens (tertiary/aromatic N) is 5. The van der Waals surface area contributed by atoms with E-state index in [4.69, 9.17) is 9.72 Å². The van der Waals surface area contributed by atoms with Crippen molar-refractivity contribution in [2.75, 3.05) is 44.2 Å². The number of benzene rings is 1. The Morgan fingerprint density at radius 2 is 1.81 bits per heavy atom. The van der Waals surface area contributed by atoms with E-state index in [-0.39, 0.29) is 11.7 Å². The summed E-state index contributed by atoms with van der Waals surface area (Å²) in [6.07, 6.45) is 7.89.